The number of rotatable bonds is 5. The largest absolute Gasteiger partial charge is 0.497 e. The maximum absolute atomic E-state index is 13.4. The van der Waals surface area contributed by atoms with Gasteiger partial charge in [0, 0.05) is 25.6 Å². The highest BCUT2D eigenvalue weighted by molar-refractivity contribution is 7.89. The highest BCUT2D eigenvalue weighted by Crippen LogP contribution is 2.36. The van der Waals surface area contributed by atoms with Gasteiger partial charge in [0.2, 0.25) is 15.9 Å². The maximum atomic E-state index is 13.4. The zero-order valence-electron chi connectivity index (χ0n) is 20.7. The van der Waals surface area contributed by atoms with Gasteiger partial charge in [-0.15, -0.1) is 0 Å². The molecule has 1 amide bonds. The monoisotopic (exact) mass is 484 g/mol. The van der Waals surface area contributed by atoms with E-state index in [4.69, 9.17) is 4.74 Å². The van der Waals surface area contributed by atoms with Crippen LogP contribution in [-0.4, -0.2) is 50.3 Å². The van der Waals surface area contributed by atoms with Crippen LogP contribution >= 0.6 is 0 Å². The van der Waals surface area contributed by atoms with Gasteiger partial charge in [-0.1, -0.05) is 45.0 Å². The molecule has 4 rings (SSSR count). The van der Waals surface area contributed by atoms with Crippen molar-refractivity contribution in [2.45, 2.75) is 62.8 Å². The summed E-state index contributed by atoms with van der Waals surface area (Å²) in [6.45, 7) is 7.84. The lowest BCUT2D eigenvalue weighted by Crippen LogP contribution is -2.44. The Kier molecular flexibility index (Phi) is 7.06. The second kappa shape index (κ2) is 9.70. The number of ether oxygens (including phenoxy) is 1. The first-order valence-electron chi connectivity index (χ1n) is 12.2. The zero-order valence-corrected chi connectivity index (χ0v) is 21.5. The number of piperidine rings is 1. The molecule has 7 heteroatoms. The fourth-order valence-corrected chi connectivity index (χ4v) is 6.53. The van der Waals surface area contributed by atoms with Gasteiger partial charge in [-0.2, -0.15) is 4.31 Å². The molecule has 2 heterocycles. The minimum Gasteiger partial charge on any atom is -0.497 e. The van der Waals surface area contributed by atoms with Gasteiger partial charge in [0.1, 0.15) is 5.75 Å². The van der Waals surface area contributed by atoms with Gasteiger partial charge in [0.05, 0.1) is 18.0 Å². The van der Waals surface area contributed by atoms with Gasteiger partial charge in [0.15, 0.2) is 0 Å². The van der Waals surface area contributed by atoms with E-state index in [9.17, 15) is 13.2 Å². The molecular formula is C27H36N2O4S. The fraction of sp³-hybridized carbons (Fsp3) is 0.519. The number of benzene rings is 2. The summed E-state index contributed by atoms with van der Waals surface area (Å²) < 4.78 is 33.2. The van der Waals surface area contributed by atoms with E-state index in [1.807, 2.05) is 41.3 Å². The molecule has 1 atom stereocenters. The van der Waals surface area contributed by atoms with Crippen molar-refractivity contribution in [2.24, 2.45) is 5.92 Å². The molecule has 2 saturated heterocycles. The molecule has 6 nitrogen and oxygen atoms in total. The second-order valence-electron chi connectivity index (χ2n) is 10.4. The molecule has 0 N–H and O–H groups in total. The van der Waals surface area contributed by atoms with E-state index in [-0.39, 0.29) is 23.3 Å². The first-order valence-corrected chi connectivity index (χ1v) is 13.6. The van der Waals surface area contributed by atoms with Gasteiger partial charge >= 0.3 is 0 Å². The number of carbonyl (C=O) groups excluding carboxylic acids is 1. The van der Waals surface area contributed by atoms with E-state index >= 15 is 0 Å². The number of hydrogen-bond acceptors (Lipinski definition) is 4. The second-order valence-corrected chi connectivity index (χ2v) is 12.4. The van der Waals surface area contributed by atoms with Crippen LogP contribution in [0.5, 0.6) is 5.75 Å². The summed E-state index contributed by atoms with van der Waals surface area (Å²) in [6, 6.07) is 15.2. The fourth-order valence-electron chi connectivity index (χ4n) is 5.06. The number of hydrogen-bond donors (Lipinski definition) is 0. The summed E-state index contributed by atoms with van der Waals surface area (Å²) in [7, 11) is -1.91. The molecule has 2 fully saturated rings. The van der Waals surface area contributed by atoms with Gasteiger partial charge in [0.25, 0.3) is 0 Å². The third-order valence-corrected chi connectivity index (χ3v) is 9.11. The van der Waals surface area contributed by atoms with Crippen molar-refractivity contribution in [1.82, 2.24) is 9.21 Å². The third kappa shape index (κ3) is 5.01. The highest BCUT2D eigenvalue weighted by Gasteiger charge is 2.37. The van der Waals surface area contributed by atoms with Crippen molar-refractivity contribution >= 4 is 15.9 Å². The number of likely N-dealkylation sites (tertiary alicyclic amines) is 1. The Hall–Kier alpha value is -2.38. The standard InChI is InChI=1S/C27H36N2O4S/c1-27(2,3)22-9-13-24(14-10-22)34(31,32)28-18-15-21(16-19-28)26(30)29-17-5-6-25(29)20-7-11-23(33-4)12-8-20/h7-14,21,25H,5-6,15-19H2,1-4H3. The zero-order chi connectivity index (χ0) is 24.5. The molecule has 34 heavy (non-hydrogen) atoms. The Bertz CT molecular complexity index is 1100. The first kappa shape index (κ1) is 24.7. The summed E-state index contributed by atoms with van der Waals surface area (Å²) in [5.41, 5.74) is 2.21. The van der Waals surface area contributed by atoms with Crippen LogP contribution in [0, 0.1) is 5.92 Å². The molecule has 0 aliphatic carbocycles. The molecule has 2 aliphatic rings. The third-order valence-electron chi connectivity index (χ3n) is 7.20. The Morgan fingerprint density at radius 3 is 2.09 bits per heavy atom. The van der Waals surface area contributed by atoms with Crippen molar-refractivity contribution in [3.05, 3.63) is 59.7 Å². The Labute approximate surface area is 204 Å². The number of sulfonamides is 1. The summed E-state index contributed by atoms with van der Waals surface area (Å²) in [5, 5.41) is 0. The molecule has 184 valence electrons. The Morgan fingerprint density at radius 2 is 1.53 bits per heavy atom. The Morgan fingerprint density at radius 1 is 0.912 bits per heavy atom. The topological polar surface area (TPSA) is 66.9 Å². The quantitative estimate of drug-likeness (QED) is 0.614. The van der Waals surface area contributed by atoms with E-state index in [0.29, 0.717) is 30.8 Å². The number of carbonyl (C=O) groups is 1. The maximum Gasteiger partial charge on any atom is 0.243 e. The molecule has 2 aromatic rings. The molecule has 0 radical (unpaired) electrons. The normalized spacial score (nSPS) is 20.5. The lowest BCUT2D eigenvalue weighted by atomic mass is 9.87. The number of methoxy groups -OCH3 is 1. The van der Waals surface area contributed by atoms with Gasteiger partial charge in [-0.05, 0) is 66.5 Å². The minimum absolute atomic E-state index is 0.0275. The smallest absolute Gasteiger partial charge is 0.243 e. The van der Waals surface area contributed by atoms with Crippen molar-refractivity contribution < 1.29 is 17.9 Å². The van der Waals surface area contributed by atoms with Crippen LogP contribution in [-0.2, 0) is 20.2 Å². The van der Waals surface area contributed by atoms with Crippen LogP contribution in [0.25, 0.3) is 0 Å². The summed E-state index contributed by atoms with van der Waals surface area (Å²) in [6.07, 6.45) is 3.06. The lowest BCUT2D eigenvalue weighted by Gasteiger charge is -2.34. The first-order chi connectivity index (χ1) is 16.1. The van der Waals surface area contributed by atoms with Crippen molar-refractivity contribution in [3.8, 4) is 5.75 Å². The van der Waals surface area contributed by atoms with Crippen molar-refractivity contribution in [1.29, 1.82) is 0 Å². The predicted molar refractivity (Wildman–Crippen MR) is 133 cm³/mol. The van der Waals surface area contributed by atoms with Crippen LogP contribution in [0.1, 0.15) is 63.6 Å². The summed E-state index contributed by atoms with van der Waals surface area (Å²) in [4.78, 5) is 15.7. The van der Waals surface area contributed by atoms with Crippen LogP contribution in [0.15, 0.2) is 53.4 Å². The van der Waals surface area contributed by atoms with Gasteiger partial charge in [-0.3, -0.25) is 4.79 Å². The highest BCUT2D eigenvalue weighted by atomic mass is 32.2. The average molecular weight is 485 g/mol. The average Bonchev–Trinajstić information content (AvgIpc) is 3.33. The predicted octanol–water partition coefficient (Wildman–Crippen LogP) is 4.76. The molecule has 0 aromatic heterocycles. The van der Waals surface area contributed by atoms with E-state index < -0.39 is 10.0 Å². The SMILES string of the molecule is COc1ccc(C2CCCN2C(=O)C2CCN(S(=O)(=O)c3ccc(C(C)(C)C)cc3)CC2)cc1. The molecule has 0 saturated carbocycles. The number of nitrogens with zero attached hydrogens (tertiary/aromatic N) is 2. The minimum atomic E-state index is -3.56. The van der Waals surface area contributed by atoms with Crippen LogP contribution in [0.3, 0.4) is 0 Å². The number of amides is 1. The summed E-state index contributed by atoms with van der Waals surface area (Å²) in [5.74, 6) is 0.833. The van der Waals surface area contributed by atoms with Crippen LogP contribution < -0.4 is 4.74 Å². The van der Waals surface area contributed by atoms with E-state index in [2.05, 4.69) is 20.8 Å². The van der Waals surface area contributed by atoms with E-state index in [1.165, 1.54) is 4.31 Å². The van der Waals surface area contributed by atoms with Crippen molar-refractivity contribution in [2.75, 3.05) is 26.7 Å². The van der Waals surface area contributed by atoms with Crippen molar-refractivity contribution in [3.63, 3.8) is 0 Å². The molecule has 2 aliphatic heterocycles. The lowest BCUT2D eigenvalue weighted by molar-refractivity contribution is -0.137. The molecule has 1 unspecified atom stereocenters. The molecule has 2 aromatic carbocycles. The molecule has 0 bridgehead atoms. The van der Waals surface area contributed by atoms with E-state index in [0.717, 1.165) is 36.3 Å². The van der Waals surface area contributed by atoms with Crippen LogP contribution in [0.4, 0.5) is 0 Å². The molecule has 0 spiro atoms. The van der Waals surface area contributed by atoms with Gasteiger partial charge in [-0.25, -0.2) is 8.42 Å². The Balaban J connectivity index is 1.40. The molecular weight excluding hydrogens is 448 g/mol. The summed E-state index contributed by atoms with van der Waals surface area (Å²) >= 11 is 0. The van der Waals surface area contributed by atoms with Crippen LogP contribution in [0.2, 0.25) is 0 Å². The van der Waals surface area contributed by atoms with Gasteiger partial charge < -0.3 is 9.64 Å². The van der Waals surface area contributed by atoms with E-state index in [1.54, 1.807) is 19.2 Å².